The molecule has 1 aliphatic heterocycles. The van der Waals surface area contributed by atoms with Crippen LogP contribution < -0.4 is 5.32 Å². The molecular formula is C22H25FN2O2. The third-order valence-electron chi connectivity index (χ3n) is 4.93. The van der Waals surface area contributed by atoms with Gasteiger partial charge in [-0.25, -0.2) is 4.39 Å². The molecule has 0 spiro atoms. The van der Waals surface area contributed by atoms with Crippen LogP contribution in [-0.2, 0) is 16.0 Å². The number of rotatable bonds is 5. The van der Waals surface area contributed by atoms with Crippen LogP contribution in [0, 0.1) is 11.7 Å². The summed E-state index contributed by atoms with van der Waals surface area (Å²) in [6.45, 7) is 3.48. The van der Waals surface area contributed by atoms with Gasteiger partial charge in [-0.3, -0.25) is 9.59 Å². The molecule has 1 atom stereocenters. The first-order valence-electron chi connectivity index (χ1n) is 9.47. The normalized spacial score (nSPS) is 17.3. The first kappa shape index (κ1) is 19.1. The molecule has 27 heavy (non-hydrogen) atoms. The first-order chi connectivity index (χ1) is 13.1. The Morgan fingerprint density at radius 2 is 1.93 bits per heavy atom. The van der Waals surface area contributed by atoms with E-state index in [2.05, 4.69) is 5.32 Å². The minimum atomic E-state index is -0.271. The van der Waals surface area contributed by atoms with Gasteiger partial charge in [0.25, 0.3) is 0 Å². The Kier molecular flexibility index (Phi) is 6.22. The first-order valence-corrected chi connectivity index (χ1v) is 9.47. The van der Waals surface area contributed by atoms with Crippen molar-refractivity contribution in [2.75, 3.05) is 19.6 Å². The molecule has 0 saturated carbocycles. The predicted molar refractivity (Wildman–Crippen MR) is 104 cm³/mol. The van der Waals surface area contributed by atoms with Crippen molar-refractivity contribution in [3.05, 3.63) is 59.9 Å². The molecule has 0 bridgehead atoms. The molecule has 2 aromatic rings. The van der Waals surface area contributed by atoms with Gasteiger partial charge >= 0.3 is 0 Å². The molecule has 1 heterocycles. The zero-order valence-corrected chi connectivity index (χ0v) is 15.6. The van der Waals surface area contributed by atoms with Crippen LogP contribution in [0.5, 0.6) is 0 Å². The van der Waals surface area contributed by atoms with Crippen LogP contribution in [-0.4, -0.2) is 36.3 Å². The third-order valence-corrected chi connectivity index (χ3v) is 4.93. The molecule has 4 nitrogen and oxygen atoms in total. The van der Waals surface area contributed by atoms with Crippen molar-refractivity contribution < 1.29 is 14.0 Å². The van der Waals surface area contributed by atoms with E-state index in [1.807, 2.05) is 37.3 Å². The molecule has 0 radical (unpaired) electrons. The summed E-state index contributed by atoms with van der Waals surface area (Å²) in [6, 6.07) is 14.3. The molecule has 5 heteroatoms. The summed E-state index contributed by atoms with van der Waals surface area (Å²) in [7, 11) is 0. The van der Waals surface area contributed by atoms with E-state index in [1.165, 1.54) is 6.07 Å². The van der Waals surface area contributed by atoms with Gasteiger partial charge in [0.15, 0.2) is 0 Å². The average molecular weight is 368 g/mol. The Morgan fingerprint density at radius 3 is 2.63 bits per heavy atom. The maximum atomic E-state index is 13.9. The van der Waals surface area contributed by atoms with E-state index >= 15 is 0 Å². The number of nitrogens with one attached hydrogen (secondary N) is 1. The molecule has 0 aliphatic carbocycles. The highest BCUT2D eigenvalue weighted by Crippen LogP contribution is 2.24. The van der Waals surface area contributed by atoms with E-state index in [9.17, 15) is 14.0 Å². The number of hydrogen-bond acceptors (Lipinski definition) is 2. The lowest BCUT2D eigenvalue weighted by Gasteiger charge is -2.23. The Morgan fingerprint density at radius 1 is 1.19 bits per heavy atom. The van der Waals surface area contributed by atoms with Crippen LogP contribution in [0.25, 0.3) is 11.1 Å². The summed E-state index contributed by atoms with van der Waals surface area (Å²) >= 11 is 0. The van der Waals surface area contributed by atoms with Gasteiger partial charge in [0.05, 0.1) is 5.92 Å². The largest absolute Gasteiger partial charge is 0.354 e. The summed E-state index contributed by atoms with van der Waals surface area (Å²) in [5.41, 5.74) is 2.37. The van der Waals surface area contributed by atoms with Crippen molar-refractivity contribution in [3.63, 3.8) is 0 Å². The highest BCUT2D eigenvalue weighted by atomic mass is 19.1. The highest BCUT2D eigenvalue weighted by molar-refractivity contribution is 5.82. The highest BCUT2D eigenvalue weighted by Gasteiger charge is 2.27. The summed E-state index contributed by atoms with van der Waals surface area (Å²) in [4.78, 5) is 26.4. The number of amides is 2. The lowest BCUT2D eigenvalue weighted by molar-refractivity contribution is -0.132. The number of benzene rings is 2. The zero-order valence-electron chi connectivity index (χ0n) is 15.6. The predicted octanol–water partition coefficient (Wildman–Crippen LogP) is 3.41. The van der Waals surface area contributed by atoms with Crippen molar-refractivity contribution in [1.29, 1.82) is 0 Å². The quantitative estimate of drug-likeness (QED) is 0.879. The van der Waals surface area contributed by atoms with E-state index in [0.29, 0.717) is 38.0 Å². The fourth-order valence-corrected chi connectivity index (χ4v) is 3.45. The number of carbonyl (C=O) groups is 2. The summed E-state index contributed by atoms with van der Waals surface area (Å²) in [6.07, 6.45) is 1.87. The molecule has 1 N–H and O–H groups in total. The Bertz CT molecular complexity index is 804. The zero-order chi connectivity index (χ0) is 19.2. The van der Waals surface area contributed by atoms with Gasteiger partial charge in [-0.2, -0.15) is 0 Å². The fourth-order valence-electron chi connectivity index (χ4n) is 3.45. The minimum Gasteiger partial charge on any atom is -0.354 e. The van der Waals surface area contributed by atoms with Crippen molar-refractivity contribution in [3.8, 4) is 11.1 Å². The molecule has 2 aromatic carbocycles. The Hall–Kier alpha value is -2.69. The fraction of sp³-hybridized carbons (Fsp3) is 0.364. The molecule has 1 saturated heterocycles. The van der Waals surface area contributed by atoms with Crippen LogP contribution in [0.1, 0.15) is 25.3 Å². The average Bonchev–Trinajstić information content (AvgIpc) is 2.85. The van der Waals surface area contributed by atoms with Gasteiger partial charge in [-0.1, -0.05) is 49.4 Å². The number of halogens is 1. The molecule has 0 aromatic heterocycles. The smallest absolute Gasteiger partial charge is 0.225 e. The van der Waals surface area contributed by atoms with Crippen molar-refractivity contribution in [2.24, 2.45) is 5.92 Å². The molecule has 1 aliphatic rings. The summed E-state index contributed by atoms with van der Waals surface area (Å²) in [5, 5.41) is 2.90. The van der Waals surface area contributed by atoms with Crippen LogP contribution in [0.2, 0.25) is 0 Å². The van der Waals surface area contributed by atoms with Gasteiger partial charge in [0, 0.05) is 31.6 Å². The maximum absolute atomic E-state index is 13.9. The van der Waals surface area contributed by atoms with Crippen molar-refractivity contribution in [1.82, 2.24) is 10.2 Å². The molecule has 3 rings (SSSR count). The molecule has 1 fully saturated rings. The van der Waals surface area contributed by atoms with Gasteiger partial charge < -0.3 is 10.2 Å². The van der Waals surface area contributed by atoms with Crippen molar-refractivity contribution >= 4 is 11.8 Å². The second-order valence-electron chi connectivity index (χ2n) is 6.96. The number of hydrogen-bond donors (Lipinski definition) is 1. The summed E-state index contributed by atoms with van der Waals surface area (Å²) < 4.78 is 13.9. The van der Waals surface area contributed by atoms with E-state index in [-0.39, 0.29) is 23.5 Å². The lowest BCUT2D eigenvalue weighted by Crippen LogP contribution is -2.37. The molecule has 0 unspecified atom stereocenters. The number of carbonyl (C=O) groups excluding carboxylic acids is 2. The maximum Gasteiger partial charge on any atom is 0.225 e. The van der Waals surface area contributed by atoms with Crippen LogP contribution in [0.3, 0.4) is 0 Å². The van der Waals surface area contributed by atoms with Crippen LogP contribution in [0.15, 0.2) is 48.5 Å². The Balaban J connectivity index is 1.72. The van der Waals surface area contributed by atoms with Gasteiger partial charge in [0.1, 0.15) is 5.82 Å². The topological polar surface area (TPSA) is 49.4 Å². The standard InChI is InChI=1S/C22H25FN2O2/c1-2-5-21(26)25-13-12-24-22(27)18(15-25)14-16-8-10-17(11-9-16)19-6-3-4-7-20(19)23/h3-4,6-11,18H,2,5,12-15H2,1H3,(H,24,27)/t18-/m1/s1. The van der Waals surface area contributed by atoms with E-state index in [1.54, 1.807) is 17.0 Å². The second kappa shape index (κ2) is 8.80. The molecule has 142 valence electrons. The SMILES string of the molecule is CCCC(=O)N1CCNC(=O)[C@H](Cc2ccc(-c3ccccc3F)cc2)C1. The molecule has 2 amide bonds. The van der Waals surface area contributed by atoms with Gasteiger partial charge in [-0.15, -0.1) is 0 Å². The van der Waals surface area contributed by atoms with E-state index in [0.717, 1.165) is 17.5 Å². The van der Waals surface area contributed by atoms with Gasteiger partial charge in [0.2, 0.25) is 11.8 Å². The van der Waals surface area contributed by atoms with Crippen molar-refractivity contribution in [2.45, 2.75) is 26.2 Å². The Labute approximate surface area is 159 Å². The van der Waals surface area contributed by atoms with Gasteiger partial charge in [-0.05, 0) is 30.0 Å². The molecular weight excluding hydrogens is 343 g/mol. The van der Waals surface area contributed by atoms with Crippen LogP contribution >= 0.6 is 0 Å². The number of nitrogens with zero attached hydrogens (tertiary/aromatic N) is 1. The second-order valence-corrected chi connectivity index (χ2v) is 6.96. The minimum absolute atomic E-state index is 0.0139. The van der Waals surface area contributed by atoms with E-state index < -0.39 is 0 Å². The monoisotopic (exact) mass is 368 g/mol. The third kappa shape index (κ3) is 4.73. The lowest BCUT2D eigenvalue weighted by atomic mass is 9.96. The summed E-state index contributed by atoms with van der Waals surface area (Å²) in [5.74, 6) is -0.431. The van der Waals surface area contributed by atoms with Crippen LogP contribution in [0.4, 0.5) is 4.39 Å². The van der Waals surface area contributed by atoms with E-state index in [4.69, 9.17) is 0 Å².